The molecule has 0 heterocycles. The lowest BCUT2D eigenvalue weighted by Crippen LogP contribution is -2.05. The fourth-order valence-corrected chi connectivity index (χ4v) is 1.37. The molecule has 0 amide bonds. The Labute approximate surface area is 94.2 Å². The minimum atomic E-state index is -0.0953. The predicted octanol–water partition coefficient (Wildman–Crippen LogP) is 4.01. The molecule has 1 heteroatoms. The summed E-state index contributed by atoms with van der Waals surface area (Å²) in [4.78, 5) is 0. The average Bonchev–Trinajstić information content (AvgIpc) is 2.25. The van der Waals surface area contributed by atoms with E-state index in [1.807, 2.05) is 18.2 Å². The maximum atomic E-state index is 9.57. The van der Waals surface area contributed by atoms with Crippen LogP contribution in [0.2, 0.25) is 0 Å². The number of allylic oxidation sites excluding steroid dienone is 5. The molecule has 1 N–H and O–H groups in total. The van der Waals surface area contributed by atoms with Gasteiger partial charge in [-0.15, -0.1) is 0 Å². The van der Waals surface area contributed by atoms with Gasteiger partial charge in [0.15, 0.2) is 0 Å². The zero-order valence-corrected chi connectivity index (χ0v) is 9.86. The lowest BCUT2D eigenvalue weighted by atomic mass is 10.1. The van der Waals surface area contributed by atoms with E-state index in [1.165, 1.54) is 6.42 Å². The first-order valence-electron chi connectivity index (χ1n) is 5.93. The molecule has 1 nitrogen and oxygen atoms in total. The van der Waals surface area contributed by atoms with Crippen molar-refractivity contribution in [1.82, 2.24) is 0 Å². The molecule has 0 aromatic heterocycles. The van der Waals surface area contributed by atoms with Gasteiger partial charge in [0.25, 0.3) is 0 Å². The summed E-state index contributed by atoms with van der Waals surface area (Å²) in [5, 5.41) is 9.57. The highest BCUT2D eigenvalue weighted by molar-refractivity contribution is 5.08. The number of aliphatic hydroxyl groups excluding tert-OH is 1. The summed E-state index contributed by atoms with van der Waals surface area (Å²) in [7, 11) is 0. The van der Waals surface area contributed by atoms with Crippen molar-refractivity contribution in [2.45, 2.75) is 51.6 Å². The van der Waals surface area contributed by atoms with E-state index in [4.69, 9.17) is 0 Å². The number of hydrogen-bond acceptors (Lipinski definition) is 1. The second-order valence-electron chi connectivity index (χ2n) is 3.78. The minimum Gasteiger partial charge on any atom is -0.393 e. The van der Waals surface area contributed by atoms with Crippen molar-refractivity contribution >= 4 is 0 Å². The van der Waals surface area contributed by atoms with Crippen molar-refractivity contribution in [2.75, 3.05) is 0 Å². The van der Waals surface area contributed by atoms with Gasteiger partial charge >= 0.3 is 0 Å². The van der Waals surface area contributed by atoms with Gasteiger partial charge in [0.05, 0.1) is 6.10 Å². The fraction of sp³-hybridized carbons (Fsp3) is 0.571. The lowest BCUT2D eigenvalue weighted by molar-refractivity contribution is 0.149. The molecule has 0 aliphatic heterocycles. The second kappa shape index (κ2) is 11.3. The van der Waals surface area contributed by atoms with E-state index in [-0.39, 0.29) is 6.10 Å². The highest BCUT2D eigenvalue weighted by Gasteiger charge is 2.01. The first-order valence-corrected chi connectivity index (χ1v) is 5.93. The molecule has 0 rings (SSSR count). The molecule has 0 saturated carbocycles. The number of aliphatic hydroxyl groups is 1. The normalized spacial score (nSPS) is 13.7. The Balaban J connectivity index is 3.33. The Morgan fingerprint density at radius 1 is 1.13 bits per heavy atom. The molecule has 0 aliphatic rings. The molecule has 1 unspecified atom stereocenters. The Bertz CT molecular complexity index is 192. The van der Waals surface area contributed by atoms with E-state index < -0.39 is 0 Å². The first-order chi connectivity index (χ1) is 7.31. The number of rotatable bonds is 9. The fourth-order valence-electron chi connectivity index (χ4n) is 1.37. The summed E-state index contributed by atoms with van der Waals surface area (Å²) in [6.07, 6.45) is 16.0. The third kappa shape index (κ3) is 11.1. The van der Waals surface area contributed by atoms with Gasteiger partial charge in [-0.3, -0.25) is 0 Å². The summed E-state index contributed by atoms with van der Waals surface area (Å²) in [6.45, 7) is 5.75. The van der Waals surface area contributed by atoms with Gasteiger partial charge in [-0.25, -0.2) is 0 Å². The molecule has 0 fully saturated rings. The monoisotopic (exact) mass is 208 g/mol. The van der Waals surface area contributed by atoms with Crippen molar-refractivity contribution in [3.8, 4) is 0 Å². The maximum absolute atomic E-state index is 9.57. The zero-order valence-electron chi connectivity index (χ0n) is 9.86. The van der Waals surface area contributed by atoms with E-state index in [1.54, 1.807) is 6.08 Å². The van der Waals surface area contributed by atoms with Gasteiger partial charge in [0.2, 0.25) is 0 Å². The van der Waals surface area contributed by atoms with E-state index in [2.05, 4.69) is 19.6 Å². The largest absolute Gasteiger partial charge is 0.393 e. The van der Waals surface area contributed by atoms with Crippen LogP contribution in [-0.2, 0) is 0 Å². The third-order valence-electron chi connectivity index (χ3n) is 2.29. The highest BCUT2D eigenvalue weighted by Crippen LogP contribution is 2.08. The van der Waals surface area contributed by atoms with Crippen LogP contribution >= 0.6 is 0 Å². The Hall–Kier alpha value is -0.820. The Kier molecular flexibility index (Phi) is 10.6. The number of hydrogen-bond donors (Lipinski definition) is 1. The van der Waals surface area contributed by atoms with Crippen LogP contribution in [0.1, 0.15) is 45.4 Å². The van der Waals surface area contributed by atoms with Gasteiger partial charge in [0.1, 0.15) is 0 Å². The maximum Gasteiger partial charge on any atom is 0.0540 e. The highest BCUT2D eigenvalue weighted by atomic mass is 16.3. The quantitative estimate of drug-likeness (QED) is 0.448. The SMILES string of the molecule is C=CC=CC=CCCCC(O)CCCC. The van der Waals surface area contributed by atoms with E-state index in [0.29, 0.717) is 0 Å². The molecule has 0 aromatic carbocycles. The molecule has 0 saturated heterocycles. The van der Waals surface area contributed by atoms with Crippen LogP contribution in [0.4, 0.5) is 0 Å². The van der Waals surface area contributed by atoms with Crippen LogP contribution in [0.25, 0.3) is 0 Å². The van der Waals surface area contributed by atoms with Crippen molar-refractivity contribution in [2.24, 2.45) is 0 Å². The molecule has 0 bridgehead atoms. The summed E-state index contributed by atoms with van der Waals surface area (Å²) < 4.78 is 0. The van der Waals surface area contributed by atoms with Crippen LogP contribution < -0.4 is 0 Å². The van der Waals surface area contributed by atoms with Gasteiger partial charge in [0, 0.05) is 0 Å². The Morgan fingerprint density at radius 3 is 2.53 bits per heavy atom. The molecule has 0 spiro atoms. The van der Waals surface area contributed by atoms with Crippen LogP contribution in [0.15, 0.2) is 37.0 Å². The molecular formula is C14H24O. The summed E-state index contributed by atoms with van der Waals surface area (Å²) in [5.41, 5.74) is 0. The van der Waals surface area contributed by atoms with Crippen molar-refractivity contribution < 1.29 is 5.11 Å². The van der Waals surface area contributed by atoms with Crippen LogP contribution in [0, 0.1) is 0 Å². The van der Waals surface area contributed by atoms with Crippen LogP contribution in [0.3, 0.4) is 0 Å². The van der Waals surface area contributed by atoms with Gasteiger partial charge in [-0.05, 0) is 25.7 Å². The second-order valence-corrected chi connectivity index (χ2v) is 3.78. The van der Waals surface area contributed by atoms with Crippen molar-refractivity contribution in [3.63, 3.8) is 0 Å². The summed E-state index contributed by atoms with van der Waals surface area (Å²) >= 11 is 0. The first kappa shape index (κ1) is 14.2. The molecule has 0 aliphatic carbocycles. The minimum absolute atomic E-state index is 0.0953. The van der Waals surface area contributed by atoms with Crippen LogP contribution in [-0.4, -0.2) is 11.2 Å². The zero-order chi connectivity index (χ0) is 11.4. The van der Waals surface area contributed by atoms with E-state index in [9.17, 15) is 5.11 Å². The number of unbranched alkanes of at least 4 members (excludes halogenated alkanes) is 2. The van der Waals surface area contributed by atoms with Gasteiger partial charge < -0.3 is 5.11 Å². The van der Waals surface area contributed by atoms with Gasteiger partial charge in [-0.2, -0.15) is 0 Å². The average molecular weight is 208 g/mol. The molecular weight excluding hydrogens is 184 g/mol. The summed E-state index contributed by atoms with van der Waals surface area (Å²) in [5.74, 6) is 0. The molecule has 1 atom stereocenters. The third-order valence-corrected chi connectivity index (χ3v) is 2.29. The molecule has 0 aromatic rings. The molecule has 15 heavy (non-hydrogen) atoms. The predicted molar refractivity (Wildman–Crippen MR) is 67.9 cm³/mol. The summed E-state index contributed by atoms with van der Waals surface area (Å²) in [6, 6.07) is 0. The molecule has 0 radical (unpaired) electrons. The van der Waals surface area contributed by atoms with Gasteiger partial charge in [-0.1, -0.05) is 56.7 Å². The molecule has 86 valence electrons. The van der Waals surface area contributed by atoms with Crippen molar-refractivity contribution in [1.29, 1.82) is 0 Å². The lowest BCUT2D eigenvalue weighted by Gasteiger charge is -2.07. The Morgan fingerprint density at radius 2 is 1.87 bits per heavy atom. The van der Waals surface area contributed by atoms with Crippen LogP contribution in [0.5, 0.6) is 0 Å². The topological polar surface area (TPSA) is 20.2 Å². The van der Waals surface area contributed by atoms with E-state index in [0.717, 1.165) is 32.1 Å². The standard InChI is InChI=1S/C14H24O/c1-3-5-7-8-9-10-11-13-14(15)12-6-4-2/h3,5,7-9,14-15H,1,4,6,10-13H2,2H3. The van der Waals surface area contributed by atoms with Crippen molar-refractivity contribution in [3.05, 3.63) is 37.0 Å². The van der Waals surface area contributed by atoms with E-state index >= 15 is 0 Å². The smallest absolute Gasteiger partial charge is 0.0540 e.